The zero-order valence-corrected chi connectivity index (χ0v) is 15.5. The molecule has 7 heteroatoms. The van der Waals surface area contributed by atoms with Crippen molar-refractivity contribution in [2.45, 2.75) is 25.8 Å². The monoisotopic (exact) mass is 372 g/mol. The van der Waals surface area contributed by atoms with Crippen molar-refractivity contribution in [3.8, 4) is 17.1 Å². The molecule has 2 N–H and O–H groups in total. The summed E-state index contributed by atoms with van der Waals surface area (Å²) in [5, 5.41) is 4.54. The maximum absolute atomic E-state index is 11.4. The molecule has 0 saturated heterocycles. The van der Waals surface area contributed by atoms with Gasteiger partial charge < -0.3 is 5.73 Å². The molecule has 4 aromatic rings. The molecule has 1 saturated carbocycles. The van der Waals surface area contributed by atoms with Crippen molar-refractivity contribution in [2.24, 2.45) is 11.7 Å². The van der Waals surface area contributed by atoms with Crippen molar-refractivity contribution in [1.29, 1.82) is 0 Å². The standard InChI is InChI=1S/C21H20N6O/c1-13-10-16(13)21-24-20(25-27(21)11-19(22)28)14-6-8-15(9-7-14)26-12-23-17-4-2-3-5-18(17)26/h2-9,12-13,16H,10-11H2,1H3,(H2,22,28). The highest BCUT2D eigenvalue weighted by Gasteiger charge is 2.38. The average Bonchev–Trinajstić information content (AvgIpc) is 3.10. The van der Waals surface area contributed by atoms with E-state index in [1.165, 1.54) is 0 Å². The van der Waals surface area contributed by atoms with Crippen LogP contribution in [-0.4, -0.2) is 30.2 Å². The molecule has 5 rings (SSSR count). The second kappa shape index (κ2) is 6.30. The number of nitrogens with zero attached hydrogens (tertiary/aromatic N) is 5. The average molecular weight is 372 g/mol. The number of fused-ring (bicyclic) bond motifs is 1. The van der Waals surface area contributed by atoms with Crippen LogP contribution in [0.15, 0.2) is 54.9 Å². The molecule has 0 aliphatic heterocycles. The van der Waals surface area contributed by atoms with Crippen LogP contribution < -0.4 is 5.73 Å². The van der Waals surface area contributed by atoms with Gasteiger partial charge in [0.15, 0.2) is 5.82 Å². The molecule has 7 nitrogen and oxygen atoms in total. The maximum Gasteiger partial charge on any atom is 0.239 e. The number of amides is 1. The number of hydrogen-bond donors (Lipinski definition) is 1. The Labute approximate surface area is 161 Å². The fourth-order valence-corrected chi connectivity index (χ4v) is 3.63. The van der Waals surface area contributed by atoms with Gasteiger partial charge in [0.05, 0.1) is 11.0 Å². The van der Waals surface area contributed by atoms with E-state index in [1.807, 2.05) is 54.9 Å². The van der Waals surface area contributed by atoms with Crippen LogP contribution in [0.1, 0.15) is 25.1 Å². The van der Waals surface area contributed by atoms with Crippen molar-refractivity contribution in [3.63, 3.8) is 0 Å². The van der Waals surface area contributed by atoms with Crippen molar-refractivity contribution >= 4 is 16.9 Å². The number of carbonyl (C=O) groups excluding carboxylic acids is 1. The van der Waals surface area contributed by atoms with E-state index >= 15 is 0 Å². The molecule has 28 heavy (non-hydrogen) atoms. The lowest BCUT2D eigenvalue weighted by molar-refractivity contribution is -0.118. The molecule has 1 aliphatic rings. The van der Waals surface area contributed by atoms with Crippen LogP contribution >= 0.6 is 0 Å². The molecule has 2 aromatic carbocycles. The molecular weight excluding hydrogens is 352 g/mol. The first-order valence-corrected chi connectivity index (χ1v) is 9.36. The van der Waals surface area contributed by atoms with Crippen LogP contribution in [-0.2, 0) is 11.3 Å². The molecular formula is C21H20N6O. The Balaban J connectivity index is 1.49. The van der Waals surface area contributed by atoms with Gasteiger partial charge in [-0.05, 0) is 48.7 Å². The van der Waals surface area contributed by atoms with Crippen molar-refractivity contribution in [1.82, 2.24) is 24.3 Å². The zero-order chi connectivity index (χ0) is 19.3. The minimum atomic E-state index is -0.409. The third-order valence-electron chi connectivity index (χ3n) is 5.30. The van der Waals surface area contributed by atoms with E-state index < -0.39 is 5.91 Å². The number of carbonyl (C=O) groups is 1. The predicted octanol–water partition coefficient (Wildman–Crippen LogP) is 2.89. The van der Waals surface area contributed by atoms with Gasteiger partial charge in [-0.2, -0.15) is 5.10 Å². The number of benzene rings is 2. The van der Waals surface area contributed by atoms with Gasteiger partial charge >= 0.3 is 0 Å². The first kappa shape index (κ1) is 16.7. The molecule has 2 unspecified atom stereocenters. The number of nitrogens with two attached hydrogens (primary N) is 1. The normalized spacial score (nSPS) is 18.5. The Bertz CT molecular complexity index is 1170. The Kier molecular flexibility index (Phi) is 3.75. The number of para-hydroxylation sites is 2. The quantitative estimate of drug-likeness (QED) is 0.583. The van der Waals surface area contributed by atoms with E-state index in [0.717, 1.165) is 34.5 Å². The van der Waals surface area contributed by atoms with E-state index in [1.54, 1.807) is 4.68 Å². The number of aromatic nitrogens is 5. The highest BCUT2D eigenvalue weighted by Crippen LogP contribution is 2.46. The van der Waals surface area contributed by atoms with E-state index in [2.05, 4.69) is 21.6 Å². The summed E-state index contributed by atoms with van der Waals surface area (Å²) >= 11 is 0. The van der Waals surface area contributed by atoms with E-state index in [0.29, 0.717) is 17.7 Å². The van der Waals surface area contributed by atoms with E-state index in [9.17, 15) is 4.79 Å². The van der Waals surface area contributed by atoms with Crippen LogP contribution in [0.5, 0.6) is 0 Å². The second-order valence-corrected chi connectivity index (χ2v) is 7.39. The highest BCUT2D eigenvalue weighted by molar-refractivity contribution is 5.77. The SMILES string of the molecule is CC1CC1c1nc(-c2ccc(-n3cnc4ccccc43)cc2)nn1CC(N)=O. The summed E-state index contributed by atoms with van der Waals surface area (Å²) < 4.78 is 3.71. The highest BCUT2D eigenvalue weighted by atomic mass is 16.1. The fourth-order valence-electron chi connectivity index (χ4n) is 3.63. The van der Waals surface area contributed by atoms with Gasteiger partial charge in [-0.1, -0.05) is 19.1 Å². The van der Waals surface area contributed by atoms with Crippen LogP contribution in [0.2, 0.25) is 0 Å². The largest absolute Gasteiger partial charge is 0.368 e. The number of imidazole rings is 1. The lowest BCUT2D eigenvalue weighted by atomic mass is 10.2. The van der Waals surface area contributed by atoms with Crippen LogP contribution in [0.25, 0.3) is 28.1 Å². The molecule has 0 bridgehead atoms. The Hall–Kier alpha value is -3.48. The molecule has 2 heterocycles. The summed E-state index contributed by atoms with van der Waals surface area (Å²) in [6, 6.07) is 16.1. The molecule has 1 aliphatic carbocycles. The summed E-state index contributed by atoms with van der Waals surface area (Å²) in [5.41, 5.74) is 9.33. The number of rotatable bonds is 5. The van der Waals surface area contributed by atoms with Gasteiger partial charge in [0.1, 0.15) is 18.7 Å². The smallest absolute Gasteiger partial charge is 0.239 e. The van der Waals surface area contributed by atoms with Crippen LogP contribution in [0, 0.1) is 5.92 Å². The third kappa shape index (κ3) is 2.85. The third-order valence-corrected chi connectivity index (χ3v) is 5.30. The van der Waals surface area contributed by atoms with E-state index in [4.69, 9.17) is 10.7 Å². The van der Waals surface area contributed by atoms with Gasteiger partial charge in [-0.3, -0.25) is 9.36 Å². The summed E-state index contributed by atoms with van der Waals surface area (Å²) in [4.78, 5) is 20.6. The van der Waals surface area contributed by atoms with Crippen molar-refractivity contribution in [3.05, 3.63) is 60.7 Å². The lowest BCUT2D eigenvalue weighted by Gasteiger charge is -2.05. The minimum Gasteiger partial charge on any atom is -0.368 e. The number of primary amides is 1. The summed E-state index contributed by atoms with van der Waals surface area (Å²) in [7, 11) is 0. The number of hydrogen-bond acceptors (Lipinski definition) is 4. The molecule has 1 amide bonds. The van der Waals surface area contributed by atoms with Gasteiger partial charge in [-0.25, -0.2) is 14.6 Å². The fraction of sp³-hybridized carbons (Fsp3) is 0.238. The summed E-state index contributed by atoms with van der Waals surface area (Å²) in [6.45, 7) is 2.24. The van der Waals surface area contributed by atoms with Crippen molar-refractivity contribution < 1.29 is 4.79 Å². The van der Waals surface area contributed by atoms with Gasteiger partial charge in [0, 0.05) is 17.2 Å². The molecule has 1 fully saturated rings. The predicted molar refractivity (Wildman–Crippen MR) is 106 cm³/mol. The Morgan fingerprint density at radius 1 is 1.18 bits per heavy atom. The molecule has 0 spiro atoms. The molecule has 2 atom stereocenters. The summed E-state index contributed by atoms with van der Waals surface area (Å²) in [6.07, 6.45) is 2.90. The van der Waals surface area contributed by atoms with Crippen LogP contribution in [0.4, 0.5) is 0 Å². The Morgan fingerprint density at radius 2 is 1.93 bits per heavy atom. The maximum atomic E-state index is 11.4. The lowest BCUT2D eigenvalue weighted by Crippen LogP contribution is -2.21. The minimum absolute atomic E-state index is 0.0602. The summed E-state index contributed by atoms with van der Waals surface area (Å²) in [5.74, 6) is 1.99. The first-order valence-electron chi connectivity index (χ1n) is 9.36. The van der Waals surface area contributed by atoms with Gasteiger partial charge in [-0.15, -0.1) is 0 Å². The molecule has 2 aromatic heterocycles. The zero-order valence-electron chi connectivity index (χ0n) is 15.5. The topological polar surface area (TPSA) is 91.6 Å². The Morgan fingerprint density at radius 3 is 2.64 bits per heavy atom. The first-order chi connectivity index (χ1) is 13.6. The van der Waals surface area contributed by atoms with Crippen LogP contribution in [0.3, 0.4) is 0 Å². The van der Waals surface area contributed by atoms with Gasteiger partial charge in [0.2, 0.25) is 5.91 Å². The van der Waals surface area contributed by atoms with Gasteiger partial charge in [0.25, 0.3) is 0 Å². The molecule has 0 radical (unpaired) electrons. The second-order valence-electron chi connectivity index (χ2n) is 7.39. The van der Waals surface area contributed by atoms with E-state index in [-0.39, 0.29) is 6.54 Å². The molecule has 140 valence electrons. The van der Waals surface area contributed by atoms with Crippen molar-refractivity contribution in [2.75, 3.05) is 0 Å².